The summed E-state index contributed by atoms with van der Waals surface area (Å²) in [5, 5.41) is 5.75. The minimum atomic E-state index is -0.360. The van der Waals surface area contributed by atoms with E-state index in [0.717, 1.165) is 12.8 Å². The quantitative estimate of drug-likeness (QED) is 0.727. The average Bonchev–Trinajstić information content (AvgIpc) is 2.22. The highest BCUT2D eigenvalue weighted by Gasteiger charge is 2.22. The summed E-state index contributed by atoms with van der Waals surface area (Å²) in [7, 11) is 0. The highest BCUT2D eigenvalue weighted by molar-refractivity contribution is 5.87. The maximum atomic E-state index is 11.7. The Bertz CT molecular complexity index is 328. The second-order valence-corrected chi connectivity index (χ2v) is 6.27. The first kappa shape index (κ1) is 17.7. The van der Waals surface area contributed by atoms with Crippen molar-refractivity contribution in [2.24, 2.45) is 5.41 Å². The third-order valence-corrected chi connectivity index (χ3v) is 2.53. The normalized spacial score (nSPS) is 13.6. The molecule has 1 unspecified atom stereocenters. The van der Waals surface area contributed by atoms with E-state index in [-0.39, 0.29) is 29.3 Å². The molecule has 0 aliphatic carbocycles. The zero-order valence-corrected chi connectivity index (χ0v) is 13.0. The number of allylic oxidation sites excluding steroid dienone is 1. The van der Waals surface area contributed by atoms with Crippen molar-refractivity contribution in [2.45, 2.75) is 66.5 Å². The van der Waals surface area contributed by atoms with Gasteiger partial charge in [-0.2, -0.15) is 0 Å². The van der Waals surface area contributed by atoms with Gasteiger partial charge in [0.2, 0.25) is 11.8 Å². The Morgan fingerprint density at radius 3 is 2.16 bits per heavy atom. The van der Waals surface area contributed by atoms with Crippen LogP contribution in [0.3, 0.4) is 0 Å². The first-order valence-corrected chi connectivity index (χ1v) is 6.91. The molecule has 2 N–H and O–H groups in total. The van der Waals surface area contributed by atoms with Crippen LogP contribution in [-0.4, -0.2) is 23.9 Å². The predicted octanol–water partition coefficient (Wildman–Crippen LogP) is 2.40. The molecule has 0 heterocycles. The third-order valence-electron chi connectivity index (χ3n) is 2.53. The number of amides is 2. The van der Waals surface area contributed by atoms with Crippen molar-refractivity contribution >= 4 is 11.8 Å². The van der Waals surface area contributed by atoms with Gasteiger partial charge in [0.1, 0.15) is 0 Å². The highest BCUT2D eigenvalue weighted by atomic mass is 16.2. The molecule has 0 rings (SSSR count). The molecular weight excluding hydrogens is 240 g/mol. The van der Waals surface area contributed by atoms with Crippen LogP contribution >= 0.6 is 0 Å². The van der Waals surface area contributed by atoms with E-state index in [9.17, 15) is 9.59 Å². The van der Waals surface area contributed by atoms with E-state index in [1.807, 2.05) is 47.6 Å². The van der Waals surface area contributed by atoms with E-state index < -0.39 is 0 Å². The zero-order valence-electron chi connectivity index (χ0n) is 13.0. The van der Waals surface area contributed by atoms with Crippen LogP contribution in [0.5, 0.6) is 0 Å². The minimum Gasteiger partial charge on any atom is -0.353 e. The van der Waals surface area contributed by atoms with Crippen molar-refractivity contribution < 1.29 is 9.59 Å². The summed E-state index contributed by atoms with van der Waals surface area (Å²) in [4.78, 5) is 23.1. The minimum absolute atomic E-state index is 0.0570. The average molecular weight is 268 g/mol. The molecule has 0 saturated carbocycles. The number of carbonyl (C=O) groups excluding carboxylic acids is 2. The molecule has 0 aromatic heterocycles. The molecule has 0 bridgehead atoms. The van der Waals surface area contributed by atoms with Crippen molar-refractivity contribution in [3.05, 3.63) is 12.2 Å². The van der Waals surface area contributed by atoms with Gasteiger partial charge in [-0.3, -0.25) is 9.59 Å². The van der Waals surface area contributed by atoms with Crippen LogP contribution in [0.4, 0.5) is 0 Å². The Hall–Kier alpha value is -1.32. The SMILES string of the molecule is CC(C)NC(=O)/C=C/CCC(C)NC(=O)C(C)(C)C. The van der Waals surface area contributed by atoms with Crippen molar-refractivity contribution in [3.8, 4) is 0 Å². The molecular formula is C15H28N2O2. The molecule has 0 aromatic rings. The second kappa shape index (κ2) is 7.97. The number of rotatable bonds is 6. The molecule has 4 nitrogen and oxygen atoms in total. The smallest absolute Gasteiger partial charge is 0.243 e. The van der Waals surface area contributed by atoms with Crippen molar-refractivity contribution in [1.29, 1.82) is 0 Å². The van der Waals surface area contributed by atoms with Gasteiger partial charge in [-0.05, 0) is 39.7 Å². The third kappa shape index (κ3) is 9.28. The summed E-state index contributed by atoms with van der Waals surface area (Å²) in [6.45, 7) is 11.5. The summed E-state index contributed by atoms with van der Waals surface area (Å²) < 4.78 is 0. The van der Waals surface area contributed by atoms with E-state index in [0.29, 0.717) is 0 Å². The predicted molar refractivity (Wildman–Crippen MR) is 78.7 cm³/mol. The molecule has 110 valence electrons. The lowest BCUT2D eigenvalue weighted by Crippen LogP contribution is -2.40. The Kier molecular flexibility index (Phi) is 7.42. The van der Waals surface area contributed by atoms with Gasteiger partial charge in [0.15, 0.2) is 0 Å². The summed E-state index contributed by atoms with van der Waals surface area (Å²) in [6.07, 6.45) is 5.00. The van der Waals surface area contributed by atoms with Crippen LogP contribution in [0.25, 0.3) is 0 Å². The van der Waals surface area contributed by atoms with E-state index in [4.69, 9.17) is 0 Å². The van der Waals surface area contributed by atoms with Gasteiger partial charge >= 0.3 is 0 Å². The maximum Gasteiger partial charge on any atom is 0.243 e. The van der Waals surface area contributed by atoms with E-state index >= 15 is 0 Å². The molecule has 4 heteroatoms. The number of nitrogens with one attached hydrogen (secondary N) is 2. The Morgan fingerprint density at radius 2 is 1.68 bits per heavy atom. The van der Waals surface area contributed by atoms with Crippen LogP contribution in [0.2, 0.25) is 0 Å². The topological polar surface area (TPSA) is 58.2 Å². The van der Waals surface area contributed by atoms with Gasteiger partial charge in [-0.15, -0.1) is 0 Å². The van der Waals surface area contributed by atoms with Crippen molar-refractivity contribution in [1.82, 2.24) is 10.6 Å². The summed E-state index contributed by atoms with van der Waals surface area (Å²) in [5.74, 6) is -0.0112. The van der Waals surface area contributed by atoms with Crippen LogP contribution in [0.15, 0.2) is 12.2 Å². The monoisotopic (exact) mass is 268 g/mol. The second-order valence-electron chi connectivity index (χ2n) is 6.27. The van der Waals surface area contributed by atoms with E-state index in [1.165, 1.54) is 0 Å². The molecule has 0 aliphatic heterocycles. The molecule has 0 radical (unpaired) electrons. The van der Waals surface area contributed by atoms with Crippen molar-refractivity contribution in [3.63, 3.8) is 0 Å². The molecule has 0 spiro atoms. The zero-order chi connectivity index (χ0) is 15.1. The van der Waals surface area contributed by atoms with Crippen LogP contribution < -0.4 is 10.6 Å². The molecule has 0 aromatic carbocycles. The van der Waals surface area contributed by atoms with Crippen LogP contribution in [0.1, 0.15) is 54.4 Å². The first-order chi connectivity index (χ1) is 8.62. The van der Waals surface area contributed by atoms with Gasteiger partial charge in [0.25, 0.3) is 0 Å². The summed E-state index contributed by atoms with van der Waals surface area (Å²) in [6, 6.07) is 0.270. The number of carbonyl (C=O) groups is 2. The first-order valence-electron chi connectivity index (χ1n) is 6.91. The van der Waals surface area contributed by atoms with Gasteiger partial charge in [0.05, 0.1) is 0 Å². The van der Waals surface area contributed by atoms with Gasteiger partial charge < -0.3 is 10.6 Å². The lowest BCUT2D eigenvalue weighted by Gasteiger charge is -2.21. The van der Waals surface area contributed by atoms with Gasteiger partial charge in [0, 0.05) is 17.5 Å². The maximum absolute atomic E-state index is 11.7. The molecule has 0 aliphatic rings. The number of hydrogen-bond donors (Lipinski definition) is 2. The molecule has 1 atom stereocenters. The lowest BCUT2D eigenvalue weighted by molar-refractivity contribution is -0.129. The Morgan fingerprint density at radius 1 is 1.11 bits per heavy atom. The number of hydrogen-bond acceptors (Lipinski definition) is 2. The molecule has 0 saturated heterocycles. The van der Waals surface area contributed by atoms with E-state index in [2.05, 4.69) is 10.6 Å². The molecule has 2 amide bonds. The Balaban J connectivity index is 3.92. The fraction of sp³-hybridized carbons (Fsp3) is 0.733. The van der Waals surface area contributed by atoms with Gasteiger partial charge in [-0.25, -0.2) is 0 Å². The summed E-state index contributed by atoms with van der Waals surface area (Å²) in [5.41, 5.74) is -0.360. The lowest BCUT2D eigenvalue weighted by atomic mass is 9.95. The largest absolute Gasteiger partial charge is 0.353 e. The summed E-state index contributed by atoms with van der Waals surface area (Å²) >= 11 is 0. The van der Waals surface area contributed by atoms with E-state index in [1.54, 1.807) is 6.08 Å². The molecule has 19 heavy (non-hydrogen) atoms. The van der Waals surface area contributed by atoms with Crippen LogP contribution in [-0.2, 0) is 9.59 Å². The Labute approximate surface area is 117 Å². The van der Waals surface area contributed by atoms with Crippen LogP contribution in [0, 0.1) is 5.41 Å². The van der Waals surface area contributed by atoms with Gasteiger partial charge in [-0.1, -0.05) is 26.8 Å². The fourth-order valence-corrected chi connectivity index (χ4v) is 1.38. The highest BCUT2D eigenvalue weighted by Crippen LogP contribution is 2.13. The van der Waals surface area contributed by atoms with Crippen molar-refractivity contribution in [2.75, 3.05) is 0 Å². The fourth-order valence-electron chi connectivity index (χ4n) is 1.38. The molecule has 0 fully saturated rings. The standard InChI is InChI=1S/C15H28N2O2/c1-11(2)16-13(18)10-8-7-9-12(3)17-14(19)15(4,5)6/h8,10-12H,7,9H2,1-6H3,(H,16,18)(H,17,19)/b10-8+.